The highest BCUT2D eigenvalue weighted by molar-refractivity contribution is 6.08. The number of nitrogens with zero attached hydrogens (tertiary/aromatic N) is 2. The van der Waals surface area contributed by atoms with E-state index in [9.17, 15) is 14.9 Å². The Morgan fingerprint density at radius 2 is 1.73 bits per heavy atom. The number of nitro benzene ring substituents is 1. The maximum Gasteiger partial charge on any atom is 0.269 e. The molecule has 26 heavy (non-hydrogen) atoms. The highest BCUT2D eigenvalue weighted by Crippen LogP contribution is 2.39. The van der Waals surface area contributed by atoms with Crippen molar-refractivity contribution in [3.05, 3.63) is 51.6 Å². The van der Waals surface area contributed by atoms with E-state index in [-0.39, 0.29) is 11.6 Å². The first-order valence-electron chi connectivity index (χ1n) is 7.89. The minimum absolute atomic E-state index is 0.0193. The molecule has 0 saturated heterocycles. The Hall–Kier alpha value is -3.29. The maximum atomic E-state index is 13.0. The molecule has 1 amide bonds. The molecular weight excluding hydrogens is 340 g/mol. The van der Waals surface area contributed by atoms with Crippen LogP contribution in [-0.2, 0) is 6.42 Å². The summed E-state index contributed by atoms with van der Waals surface area (Å²) in [5.41, 5.74) is 1.85. The van der Waals surface area contributed by atoms with Crippen molar-refractivity contribution in [3.8, 4) is 17.2 Å². The molecule has 136 valence electrons. The fourth-order valence-electron chi connectivity index (χ4n) is 3.07. The molecule has 0 radical (unpaired) electrons. The van der Waals surface area contributed by atoms with Crippen molar-refractivity contribution in [2.75, 3.05) is 32.8 Å². The van der Waals surface area contributed by atoms with Gasteiger partial charge in [-0.05, 0) is 30.2 Å². The van der Waals surface area contributed by atoms with Crippen LogP contribution in [0.15, 0.2) is 30.3 Å². The molecule has 0 spiro atoms. The molecule has 0 bridgehead atoms. The van der Waals surface area contributed by atoms with E-state index in [1.807, 2.05) is 0 Å². The van der Waals surface area contributed by atoms with Gasteiger partial charge in [0.25, 0.3) is 11.6 Å². The van der Waals surface area contributed by atoms with Crippen molar-refractivity contribution in [1.82, 2.24) is 0 Å². The molecule has 2 aromatic rings. The molecule has 0 fully saturated rings. The largest absolute Gasteiger partial charge is 0.493 e. The average Bonchev–Trinajstić information content (AvgIpc) is 3.09. The number of hydrogen-bond donors (Lipinski definition) is 0. The number of nitro groups is 1. The maximum absolute atomic E-state index is 13.0. The van der Waals surface area contributed by atoms with Gasteiger partial charge in [0.05, 0.1) is 26.3 Å². The molecule has 8 nitrogen and oxygen atoms in total. The lowest BCUT2D eigenvalue weighted by Crippen LogP contribution is -2.28. The van der Waals surface area contributed by atoms with E-state index in [0.29, 0.717) is 41.5 Å². The van der Waals surface area contributed by atoms with Gasteiger partial charge in [0.2, 0.25) is 5.75 Å². The monoisotopic (exact) mass is 358 g/mol. The number of amides is 1. The van der Waals surface area contributed by atoms with E-state index in [4.69, 9.17) is 14.2 Å². The van der Waals surface area contributed by atoms with Crippen LogP contribution in [0.2, 0.25) is 0 Å². The lowest BCUT2D eigenvalue weighted by atomic mass is 10.1. The SMILES string of the molecule is COc1cc(C(=O)N2CCc3cc([N+](=O)[O-])ccc32)cc(OC)c1OC. The summed E-state index contributed by atoms with van der Waals surface area (Å²) in [6, 6.07) is 7.70. The molecule has 0 aromatic heterocycles. The van der Waals surface area contributed by atoms with Crippen LogP contribution in [0.25, 0.3) is 0 Å². The fourth-order valence-corrected chi connectivity index (χ4v) is 3.07. The first kappa shape index (κ1) is 17.5. The fraction of sp³-hybridized carbons (Fsp3) is 0.278. The van der Waals surface area contributed by atoms with E-state index in [1.165, 1.54) is 33.5 Å². The molecule has 0 unspecified atom stereocenters. The molecule has 1 heterocycles. The number of methoxy groups -OCH3 is 3. The number of carbonyl (C=O) groups excluding carboxylic acids is 1. The minimum atomic E-state index is -0.441. The number of benzene rings is 2. The van der Waals surface area contributed by atoms with Crippen molar-refractivity contribution in [2.45, 2.75) is 6.42 Å². The molecule has 1 aliphatic heterocycles. The van der Waals surface area contributed by atoms with Gasteiger partial charge >= 0.3 is 0 Å². The third-order valence-corrected chi connectivity index (χ3v) is 4.33. The predicted octanol–water partition coefficient (Wildman–Crippen LogP) is 2.82. The van der Waals surface area contributed by atoms with Crippen LogP contribution in [0, 0.1) is 10.1 Å². The van der Waals surface area contributed by atoms with Crippen molar-refractivity contribution >= 4 is 17.3 Å². The van der Waals surface area contributed by atoms with Gasteiger partial charge in [0, 0.05) is 29.9 Å². The Balaban J connectivity index is 1.98. The normalized spacial score (nSPS) is 12.5. The van der Waals surface area contributed by atoms with Crippen LogP contribution in [0.1, 0.15) is 15.9 Å². The molecule has 0 atom stereocenters. The average molecular weight is 358 g/mol. The summed E-state index contributed by atoms with van der Waals surface area (Å²) in [6.45, 7) is 0.450. The number of anilines is 1. The van der Waals surface area contributed by atoms with Gasteiger partial charge in [0.1, 0.15) is 0 Å². The van der Waals surface area contributed by atoms with Crippen LogP contribution in [-0.4, -0.2) is 38.7 Å². The van der Waals surface area contributed by atoms with Gasteiger partial charge in [-0.15, -0.1) is 0 Å². The van der Waals surface area contributed by atoms with Crippen LogP contribution in [0.4, 0.5) is 11.4 Å². The van der Waals surface area contributed by atoms with Crippen molar-refractivity contribution < 1.29 is 23.9 Å². The molecule has 2 aromatic carbocycles. The zero-order chi connectivity index (χ0) is 18.8. The van der Waals surface area contributed by atoms with Crippen molar-refractivity contribution in [2.24, 2.45) is 0 Å². The van der Waals surface area contributed by atoms with Gasteiger partial charge in [-0.2, -0.15) is 0 Å². The van der Waals surface area contributed by atoms with Gasteiger partial charge in [-0.1, -0.05) is 0 Å². The lowest BCUT2D eigenvalue weighted by molar-refractivity contribution is -0.384. The number of non-ortho nitro benzene ring substituents is 1. The highest BCUT2D eigenvalue weighted by atomic mass is 16.6. The predicted molar refractivity (Wildman–Crippen MR) is 94.6 cm³/mol. The van der Waals surface area contributed by atoms with Crippen LogP contribution < -0.4 is 19.1 Å². The molecule has 0 N–H and O–H groups in total. The molecule has 3 rings (SSSR count). The molecule has 8 heteroatoms. The summed E-state index contributed by atoms with van der Waals surface area (Å²) in [7, 11) is 4.46. The standard InChI is InChI=1S/C18H18N2O6/c1-24-15-9-12(10-16(25-2)17(15)26-3)18(21)19-7-6-11-8-13(20(22)23)4-5-14(11)19/h4-5,8-10H,6-7H2,1-3H3. The van der Waals surface area contributed by atoms with Gasteiger partial charge in [0.15, 0.2) is 11.5 Å². The highest BCUT2D eigenvalue weighted by Gasteiger charge is 2.28. The quantitative estimate of drug-likeness (QED) is 0.603. The summed E-state index contributed by atoms with van der Waals surface area (Å²) in [5.74, 6) is 0.942. The van der Waals surface area contributed by atoms with E-state index < -0.39 is 4.92 Å². The van der Waals surface area contributed by atoms with E-state index in [0.717, 1.165) is 5.56 Å². The number of fused-ring (bicyclic) bond motifs is 1. The van der Waals surface area contributed by atoms with Crippen LogP contribution >= 0.6 is 0 Å². The van der Waals surface area contributed by atoms with E-state index in [2.05, 4.69) is 0 Å². The molecule has 1 aliphatic rings. The molecule has 0 saturated carbocycles. The Morgan fingerprint density at radius 3 is 2.27 bits per heavy atom. The van der Waals surface area contributed by atoms with E-state index in [1.54, 1.807) is 23.1 Å². The second-order valence-corrected chi connectivity index (χ2v) is 5.69. The van der Waals surface area contributed by atoms with Gasteiger partial charge < -0.3 is 19.1 Å². The summed E-state index contributed by atoms with van der Waals surface area (Å²) in [4.78, 5) is 25.1. The molecular formula is C18H18N2O6. The van der Waals surface area contributed by atoms with Crippen LogP contribution in [0.5, 0.6) is 17.2 Å². The van der Waals surface area contributed by atoms with Gasteiger partial charge in [-0.3, -0.25) is 14.9 Å². The third-order valence-electron chi connectivity index (χ3n) is 4.33. The summed E-state index contributed by atoms with van der Waals surface area (Å²) < 4.78 is 15.9. The van der Waals surface area contributed by atoms with Crippen molar-refractivity contribution in [3.63, 3.8) is 0 Å². The molecule has 0 aliphatic carbocycles. The Kier molecular flexibility index (Phi) is 4.66. The van der Waals surface area contributed by atoms with Crippen molar-refractivity contribution in [1.29, 1.82) is 0 Å². The third kappa shape index (κ3) is 2.90. The summed E-state index contributed by atoms with van der Waals surface area (Å²) >= 11 is 0. The first-order chi connectivity index (χ1) is 12.5. The summed E-state index contributed by atoms with van der Waals surface area (Å²) in [6.07, 6.45) is 0.563. The second kappa shape index (κ2) is 6.91. The topological polar surface area (TPSA) is 91.1 Å². The number of ether oxygens (including phenoxy) is 3. The number of rotatable bonds is 5. The number of hydrogen-bond acceptors (Lipinski definition) is 6. The van der Waals surface area contributed by atoms with Crippen LogP contribution in [0.3, 0.4) is 0 Å². The minimum Gasteiger partial charge on any atom is -0.493 e. The van der Waals surface area contributed by atoms with Gasteiger partial charge in [-0.25, -0.2) is 0 Å². The smallest absolute Gasteiger partial charge is 0.269 e. The lowest BCUT2D eigenvalue weighted by Gasteiger charge is -2.19. The Labute approximate surface area is 150 Å². The first-order valence-corrected chi connectivity index (χ1v) is 7.89. The Morgan fingerprint density at radius 1 is 1.08 bits per heavy atom. The Bertz CT molecular complexity index is 855. The zero-order valence-electron chi connectivity index (χ0n) is 14.6. The van der Waals surface area contributed by atoms with E-state index >= 15 is 0 Å². The number of carbonyl (C=O) groups is 1. The summed E-state index contributed by atoms with van der Waals surface area (Å²) in [5, 5.41) is 10.9. The zero-order valence-corrected chi connectivity index (χ0v) is 14.6. The second-order valence-electron chi connectivity index (χ2n) is 5.69.